The number of fused-ring (bicyclic) bond motifs is 2. The number of ether oxygens (including phenoxy) is 2. The Balaban J connectivity index is 0.000000175. The van der Waals surface area contributed by atoms with Crippen molar-refractivity contribution in [3.8, 4) is 45.5 Å². The summed E-state index contributed by atoms with van der Waals surface area (Å²) in [5.74, 6) is 3.71. The second kappa shape index (κ2) is 21.2. The normalized spacial score (nSPS) is 16.0. The Hall–Kier alpha value is -8.44. The fourth-order valence-corrected chi connectivity index (χ4v) is 8.82. The summed E-state index contributed by atoms with van der Waals surface area (Å²) in [4.78, 5) is 48.1. The minimum Gasteiger partial charge on any atom is -0.457 e. The Morgan fingerprint density at radius 3 is 1.49 bits per heavy atom. The van der Waals surface area contributed by atoms with Crippen LogP contribution in [0.15, 0.2) is 147 Å². The van der Waals surface area contributed by atoms with Gasteiger partial charge in [0, 0.05) is 49.9 Å². The van der Waals surface area contributed by atoms with Crippen LogP contribution in [-0.4, -0.2) is 113 Å². The second-order valence-electron chi connectivity index (χ2n) is 17.4. The molecule has 0 unspecified atom stereocenters. The molecular formula is C53H55N13O4. The number of nitrogens with zero attached hydrogens (tertiary/aromatic N) is 11. The van der Waals surface area contributed by atoms with Gasteiger partial charge >= 0.3 is 0 Å². The highest BCUT2D eigenvalue weighted by Gasteiger charge is 2.30. The number of likely N-dealkylation sites (N-methyl/N-ethyl adjacent to an activating group) is 1. The molecule has 0 radical (unpaired) electrons. The fourth-order valence-electron chi connectivity index (χ4n) is 8.82. The molecule has 17 nitrogen and oxygen atoms in total. The molecule has 2 fully saturated rings. The molecule has 0 saturated carbocycles. The lowest BCUT2D eigenvalue weighted by atomic mass is 10.1. The van der Waals surface area contributed by atoms with E-state index in [9.17, 15) is 9.59 Å². The standard InChI is InChI=1S/C28H31N7O2.C25H24N6O2/c1-33(2)16-7-11-24(36)34-17-6-8-21(18-34)35-28-25(27(29)30-19-31-28)26(32-35)20-12-14-23(15-13-20)37-22-9-4-3-5-10-22;1-2-21(32)30-14-6-7-18(15-30)31-25-22(24(26)27-16-28-25)23(29-31)17-10-12-20(13-11-17)33-19-8-4-3-5-9-19/h3-5,7,9-15,19,21H,6,8,16-18H2,1-2H3,(H2,29,30,31);2-5,8-13,16,18H,1,6-7,14-15H2,(H2,26,27,28)/b11-7+;/t21-;18-/m10/s1. The summed E-state index contributed by atoms with van der Waals surface area (Å²) in [7, 11) is 3.95. The highest BCUT2D eigenvalue weighted by molar-refractivity contribution is 5.99. The molecule has 356 valence electrons. The molecular weight excluding hydrogens is 883 g/mol. The molecule has 17 heteroatoms. The zero-order valence-electron chi connectivity index (χ0n) is 39.2. The smallest absolute Gasteiger partial charge is 0.246 e. The van der Waals surface area contributed by atoms with Crippen molar-refractivity contribution < 1.29 is 19.1 Å². The third-order valence-electron chi connectivity index (χ3n) is 12.3. The van der Waals surface area contributed by atoms with Crippen LogP contribution in [-0.2, 0) is 9.59 Å². The molecule has 2 aliphatic heterocycles. The van der Waals surface area contributed by atoms with Crippen LogP contribution in [0.2, 0.25) is 0 Å². The molecule has 2 atom stereocenters. The molecule has 0 bridgehead atoms. The van der Waals surface area contributed by atoms with Crippen molar-refractivity contribution in [1.29, 1.82) is 0 Å². The van der Waals surface area contributed by atoms with E-state index >= 15 is 0 Å². The minimum absolute atomic E-state index is 0.00566. The number of piperidine rings is 2. The Morgan fingerprint density at radius 1 is 0.629 bits per heavy atom. The van der Waals surface area contributed by atoms with Crippen LogP contribution in [0.4, 0.5) is 11.6 Å². The summed E-state index contributed by atoms with van der Waals surface area (Å²) >= 11 is 0. The number of rotatable bonds is 12. The van der Waals surface area contributed by atoms with E-state index in [-0.39, 0.29) is 23.9 Å². The lowest BCUT2D eigenvalue weighted by Crippen LogP contribution is -2.40. The van der Waals surface area contributed by atoms with Gasteiger partial charge in [-0.15, -0.1) is 0 Å². The average Bonchev–Trinajstić information content (AvgIpc) is 3.99. The number of para-hydroxylation sites is 2. The van der Waals surface area contributed by atoms with Gasteiger partial charge in [-0.3, -0.25) is 9.59 Å². The van der Waals surface area contributed by atoms with E-state index in [4.69, 9.17) is 31.1 Å². The number of carbonyl (C=O) groups excluding carboxylic acids is 2. The van der Waals surface area contributed by atoms with Gasteiger partial charge in [0.1, 0.15) is 58.7 Å². The number of likely N-dealkylation sites (tertiary alicyclic amines) is 2. The lowest BCUT2D eigenvalue weighted by Gasteiger charge is -2.32. The zero-order valence-corrected chi connectivity index (χ0v) is 39.2. The molecule has 2 aliphatic rings. The van der Waals surface area contributed by atoms with Gasteiger partial charge in [-0.25, -0.2) is 29.3 Å². The highest BCUT2D eigenvalue weighted by Crippen LogP contribution is 2.37. The number of hydrogen-bond acceptors (Lipinski definition) is 13. The first-order valence-electron chi connectivity index (χ1n) is 23.3. The zero-order chi connectivity index (χ0) is 48.6. The number of benzene rings is 4. The van der Waals surface area contributed by atoms with Crippen LogP contribution >= 0.6 is 0 Å². The molecule has 0 spiro atoms. The minimum atomic E-state index is -0.0699. The molecule has 2 saturated heterocycles. The van der Waals surface area contributed by atoms with E-state index in [1.165, 1.54) is 18.7 Å². The maximum atomic E-state index is 12.8. The predicted molar refractivity (Wildman–Crippen MR) is 271 cm³/mol. The first-order valence-corrected chi connectivity index (χ1v) is 23.3. The number of nitrogen functional groups attached to an aromatic ring is 2. The predicted octanol–water partition coefficient (Wildman–Crippen LogP) is 8.37. The van der Waals surface area contributed by atoms with Gasteiger partial charge in [0.15, 0.2) is 11.3 Å². The summed E-state index contributed by atoms with van der Waals surface area (Å²) in [5, 5.41) is 11.3. The van der Waals surface area contributed by atoms with Crippen LogP contribution in [0.1, 0.15) is 37.8 Å². The van der Waals surface area contributed by atoms with Crippen molar-refractivity contribution in [2.75, 3.05) is 58.3 Å². The van der Waals surface area contributed by atoms with E-state index in [1.54, 1.807) is 11.0 Å². The molecule has 70 heavy (non-hydrogen) atoms. The van der Waals surface area contributed by atoms with E-state index in [0.29, 0.717) is 64.7 Å². The number of hydrogen-bond donors (Lipinski definition) is 2. The van der Waals surface area contributed by atoms with Gasteiger partial charge in [-0.05, 0) is 119 Å². The van der Waals surface area contributed by atoms with Gasteiger partial charge in [-0.1, -0.05) is 49.1 Å². The molecule has 10 rings (SSSR count). The Bertz CT molecular complexity index is 3120. The third kappa shape index (κ3) is 10.5. The first-order chi connectivity index (χ1) is 34.1. The topological polar surface area (TPSA) is 202 Å². The van der Waals surface area contributed by atoms with Crippen LogP contribution in [0.25, 0.3) is 44.6 Å². The van der Waals surface area contributed by atoms with Crippen LogP contribution in [0, 0.1) is 0 Å². The van der Waals surface area contributed by atoms with E-state index in [0.717, 1.165) is 72.9 Å². The summed E-state index contributed by atoms with van der Waals surface area (Å²) in [5.41, 5.74) is 17.1. The van der Waals surface area contributed by atoms with Crippen molar-refractivity contribution in [2.45, 2.75) is 37.8 Å². The number of anilines is 2. The fraction of sp³-hybridized carbons (Fsp3) is 0.245. The first kappa shape index (κ1) is 46.7. The molecule has 6 heterocycles. The Morgan fingerprint density at radius 2 is 1.06 bits per heavy atom. The number of carbonyl (C=O) groups is 2. The summed E-state index contributed by atoms with van der Waals surface area (Å²) < 4.78 is 15.6. The maximum absolute atomic E-state index is 12.8. The number of nitrogens with two attached hydrogens (primary N) is 2. The molecule has 4 aromatic carbocycles. The molecule has 8 aromatic rings. The van der Waals surface area contributed by atoms with Crippen molar-refractivity contribution in [3.05, 3.63) is 147 Å². The third-order valence-corrected chi connectivity index (χ3v) is 12.3. The SMILES string of the molecule is C=CC(=O)N1CCC[C@H](n2nc(-c3ccc(Oc4ccccc4)cc3)c3c(N)ncnc32)C1.CN(C)C/C=C/C(=O)N1CCC[C@@H](n2nc(-c3ccc(Oc4ccccc4)cc3)c3c(N)ncnc32)C1. The van der Waals surface area contributed by atoms with E-state index < -0.39 is 0 Å². The quantitative estimate of drug-likeness (QED) is 0.111. The van der Waals surface area contributed by atoms with E-state index in [2.05, 4.69) is 26.5 Å². The molecule has 0 aliphatic carbocycles. The largest absolute Gasteiger partial charge is 0.457 e. The van der Waals surface area contributed by atoms with Crippen LogP contribution in [0.3, 0.4) is 0 Å². The molecule has 4 N–H and O–H groups in total. The van der Waals surface area contributed by atoms with Gasteiger partial charge in [0.25, 0.3) is 0 Å². The van der Waals surface area contributed by atoms with Crippen molar-refractivity contribution in [2.24, 2.45) is 0 Å². The van der Waals surface area contributed by atoms with Crippen molar-refractivity contribution in [1.82, 2.24) is 54.2 Å². The Kier molecular flexibility index (Phi) is 14.2. The monoisotopic (exact) mass is 937 g/mol. The molecule has 2 amide bonds. The summed E-state index contributed by atoms with van der Waals surface area (Å²) in [6, 6.07) is 34.7. The van der Waals surface area contributed by atoms with Gasteiger partial charge < -0.3 is 35.6 Å². The van der Waals surface area contributed by atoms with Gasteiger partial charge in [0.05, 0.1) is 22.9 Å². The van der Waals surface area contributed by atoms with Crippen molar-refractivity contribution >= 4 is 45.5 Å². The number of aromatic nitrogens is 8. The number of amides is 2. The lowest BCUT2D eigenvalue weighted by molar-refractivity contribution is -0.128. The summed E-state index contributed by atoms with van der Waals surface area (Å²) in [6.07, 6.45) is 11.4. The van der Waals surface area contributed by atoms with Crippen LogP contribution < -0.4 is 20.9 Å². The van der Waals surface area contributed by atoms with Gasteiger partial charge in [0.2, 0.25) is 11.8 Å². The van der Waals surface area contributed by atoms with Crippen molar-refractivity contribution in [3.63, 3.8) is 0 Å². The highest BCUT2D eigenvalue weighted by atomic mass is 16.5. The second-order valence-corrected chi connectivity index (χ2v) is 17.4. The van der Waals surface area contributed by atoms with E-state index in [1.807, 2.05) is 149 Å². The van der Waals surface area contributed by atoms with Crippen LogP contribution in [0.5, 0.6) is 23.0 Å². The molecule has 4 aromatic heterocycles. The van der Waals surface area contributed by atoms with Gasteiger partial charge in [-0.2, -0.15) is 10.2 Å². The average molecular weight is 938 g/mol. The Labute approximate surface area is 405 Å². The summed E-state index contributed by atoms with van der Waals surface area (Å²) in [6.45, 7) is 6.90. The maximum Gasteiger partial charge on any atom is 0.246 e.